The van der Waals surface area contributed by atoms with Gasteiger partial charge in [-0.2, -0.15) is 13.2 Å². The van der Waals surface area contributed by atoms with Crippen molar-refractivity contribution in [2.75, 3.05) is 6.54 Å². The van der Waals surface area contributed by atoms with E-state index in [4.69, 9.17) is 0 Å². The van der Waals surface area contributed by atoms with Gasteiger partial charge in [-0.1, -0.05) is 72.4 Å². The monoisotopic (exact) mass is 375 g/mol. The third-order valence-corrected chi connectivity index (χ3v) is 4.54. The second-order valence-electron chi connectivity index (χ2n) is 6.89. The molecule has 0 radical (unpaired) electrons. The van der Waals surface area contributed by atoms with Crippen LogP contribution in [-0.2, 0) is 0 Å². The first kappa shape index (κ1) is 21.2. The van der Waals surface area contributed by atoms with E-state index in [1.165, 1.54) is 17.7 Å². The summed E-state index contributed by atoms with van der Waals surface area (Å²) in [6, 6.07) is 0.374. The second kappa shape index (κ2) is 10.9. The number of allylic oxidation sites excluding steroid dienone is 13. The molecule has 2 rings (SSSR count). The lowest BCUT2D eigenvalue weighted by Crippen LogP contribution is -2.26. The van der Waals surface area contributed by atoms with Crippen molar-refractivity contribution in [1.29, 1.82) is 0 Å². The Morgan fingerprint density at radius 1 is 1.15 bits per heavy atom. The van der Waals surface area contributed by atoms with Crippen LogP contribution in [0.3, 0.4) is 0 Å². The minimum absolute atomic E-state index is 0.0407. The van der Waals surface area contributed by atoms with Crippen molar-refractivity contribution in [3.05, 3.63) is 83.6 Å². The lowest BCUT2D eigenvalue weighted by atomic mass is 10.1. The first-order valence-corrected chi connectivity index (χ1v) is 9.51. The quantitative estimate of drug-likeness (QED) is 0.477. The van der Waals surface area contributed by atoms with Gasteiger partial charge >= 0.3 is 6.18 Å². The fraction of sp³-hybridized carbons (Fsp3) is 0.391. The number of nitrogens with one attached hydrogen (secondary N) is 1. The third kappa shape index (κ3) is 8.44. The number of rotatable bonds is 8. The van der Waals surface area contributed by atoms with Crippen LogP contribution in [0.1, 0.15) is 39.0 Å². The Hall–Kier alpha value is -2.07. The van der Waals surface area contributed by atoms with Crippen LogP contribution < -0.4 is 5.32 Å². The van der Waals surface area contributed by atoms with E-state index in [0.717, 1.165) is 37.8 Å². The molecule has 0 aliphatic heterocycles. The Morgan fingerprint density at radius 3 is 2.74 bits per heavy atom. The van der Waals surface area contributed by atoms with Crippen molar-refractivity contribution in [1.82, 2.24) is 5.32 Å². The van der Waals surface area contributed by atoms with Crippen LogP contribution in [0.2, 0.25) is 0 Å². The molecule has 2 aliphatic rings. The third-order valence-electron chi connectivity index (χ3n) is 4.54. The van der Waals surface area contributed by atoms with Crippen LogP contribution >= 0.6 is 0 Å². The normalized spacial score (nSPS) is 20.1. The highest BCUT2D eigenvalue weighted by atomic mass is 19.4. The van der Waals surface area contributed by atoms with Gasteiger partial charge in [0.2, 0.25) is 0 Å². The van der Waals surface area contributed by atoms with Crippen LogP contribution in [0.15, 0.2) is 83.6 Å². The summed E-state index contributed by atoms with van der Waals surface area (Å²) in [4.78, 5) is 0. The first-order valence-electron chi connectivity index (χ1n) is 9.51. The predicted octanol–water partition coefficient (Wildman–Crippen LogP) is 6.51. The molecule has 0 aromatic rings. The van der Waals surface area contributed by atoms with Gasteiger partial charge in [0, 0.05) is 11.6 Å². The summed E-state index contributed by atoms with van der Waals surface area (Å²) in [6.07, 6.45) is 20.3. The van der Waals surface area contributed by atoms with Gasteiger partial charge in [-0.15, -0.1) is 0 Å². The Labute approximate surface area is 160 Å². The lowest BCUT2D eigenvalue weighted by Gasteiger charge is -2.12. The van der Waals surface area contributed by atoms with Gasteiger partial charge in [-0.3, -0.25) is 0 Å². The largest absolute Gasteiger partial charge is 0.412 e. The highest BCUT2D eigenvalue weighted by molar-refractivity contribution is 5.32. The van der Waals surface area contributed by atoms with Gasteiger partial charge in [-0.05, 0) is 51.1 Å². The number of alkyl halides is 3. The lowest BCUT2D eigenvalue weighted by molar-refractivity contribution is -0.0928. The molecule has 2 aliphatic carbocycles. The molecule has 146 valence electrons. The molecular weight excluding hydrogens is 347 g/mol. The van der Waals surface area contributed by atoms with Crippen LogP contribution in [0, 0.1) is 0 Å². The van der Waals surface area contributed by atoms with Gasteiger partial charge < -0.3 is 5.32 Å². The Bertz CT molecular complexity index is 685. The fourth-order valence-corrected chi connectivity index (χ4v) is 2.91. The Morgan fingerprint density at radius 2 is 2.00 bits per heavy atom. The highest BCUT2D eigenvalue weighted by Gasteiger charge is 2.32. The van der Waals surface area contributed by atoms with Crippen LogP contribution in [0.5, 0.6) is 0 Å². The van der Waals surface area contributed by atoms with E-state index in [-0.39, 0.29) is 6.42 Å². The Balaban J connectivity index is 1.62. The molecule has 1 atom stereocenters. The molecule has 0 fully saturated rings. The molecular formula is C23H28F3N. The SMILES string of the molecule is CC(C/C=C\C=C1\C=CC=CC1)NCCCC1=CCC(C(F)(F)F)=CC=C1. The van der Waals surface area contributed by atoms with Crippen molar-refractivity contribution >= 4 is 0 Å². The van der Waals surface area contributed by atoms with E-state index in [1.54, 1.807) is 12.2 Å². The second-order valence-corrected chi connectivity index (χ2v) is 6.89. The molecule has 1 N–H and O–H groups in total. The smallest absolute Gasteiger partial charge is 0.314 e. The van der Waals surface area contributed by atoms with Gasteiger partial charge in [0.15, 0.2) is 0 Å². The maximum absolute atomic E-state index is 12.7. The van der Waals surface area contributed by atoms with Crippen molar-refractivity contribution in [3.63, 3.8) is 0 Å². The van der Waals surface area contributed by atoms with Gasteiger partial charge in [0.05, 0.1) is 0 Å². The van der Waals surface area contributed by atoms with Crippen molar-refractivity contribution in [2.24, 2.45) is 0 Å². The fourth-order valence-electron chi connectivity index (χ4n) is 2.91. The standard InChI is InChI=1S/C23H28F3N/c1-19(9-5-6-12-20-10-3-2-4-11-20)27-18-8-14-21-13-7-15-22(17-16-21)23(24,25)26/h2-7,10,12-13,15-16,19,27H,8-9,11,14,17-18H2,1H3/b6-5-,20-12-. The molecule has 0 aromatic heterocycles. The van der Waals surface area contributed by atoms with E-state index >= 15 is 0 Å². The zero-order valence-corrected chi connectivity index (χ0v) is 15.8. The van der Waals surface area contributed by atoms with Gasteiger partial charge in [0.1, 0.15) is 0 Å². The minimum atomic E-state index is -4.24. The highest BCUT2D eigenvalue weighted by Crippen LogP contribution is 2.30. The van der Waals surface area contributed by atoms with Crippen molar-refractivity contribution in [3.8, 4) is 0 Å². The topological polar surface area (TPSA) is 12.0 Å². The number of halogens is 3. The predicted molar refractivity (Wildman–Crippen MR) is 107 cm³/mol. The summed E-state index contributed by atoms with van der Waals surface area (Å²) >= 11 is 0. The van der Waals surface area contributed by atoms with Crippen LogP contribution in [0.4, 0.5) is 13.2 Å². The maximum Gasteiger partial charge on any atom is 0.412 e. The van der Waals surface area contributed by atoms with Crippen molar-refractivity contribution < 1.29 is 13.2 Å². The molecule has 1 nitrogen and oxygen atoms in total. The summed E-state index contributed by atoms with van der Waals surface area (Å²) in [7, 11) is 0. The average molecular weight is 375 g/mol. The number of hydrogen-bond acceptors (Lipinski definition) is 1. The summed E-state index contributed by atoms with van der Waals surface area (Å²) in [6.45, 7) is 3.00. The van der Waals surface area contributed by atoms with E-state index < -0.39 is 11.7 Å². The maximum atomic E-state index is 12.7. The van der Waals surface area contributed by atoms with Crippen LogP contribution in [0.25, 0.3) is 0 Å². The van der Waals surface area contributed by atoms with Crippen molar-refractivity contribution in [2.45, 2.75) is 51.2 Å². The zero-order chi connectivity index (χ0) is 19.5. The molecule has 0 spiro atoms. The van der Waals surface area contributed by atoms with Gasteiger partial charge in [0.25, 0.3) is 0 Å². The molecule has 0 heterocycles. The molecule has 0 saturated heterocycles. The van der Waals surface area contributed by atoms with E-state index in [1.807, 2.05) is 6.08 Å². The molecule has 0 saturated carbocycles. The molecule has 4 heteroatoms. The number of hydrogen-bond donors (Lipinski definition) is 1. The zero-order valence-electron chi connectivity index (χ0n) is 15.8. The van der Waals surface area contributed by atoms with Gasteiger partial charge in [-0.25, -0.2) is 0 Å². The first-order chi connectivity index (χ1) is 12.9. The summed E-state index contributed by atoms with van der Waals surface area (Å²) in [5.74, 6) is 0. The molecule has 27 heavy (non-hydrogen) atoms. The summed E-state index contributed by atoms with van der Waals surface area (Å²) < 4.78 is 38.2. The van der Waals surface area contributed by atoms with E-state index in [2.05, 4.69) is 48.7 Å². The average Bonchev–Trinajstić information content (AvgIpc) is 2.89. The van der Waals surface area contributed by atoms with E-state index in [9.17, 15) is 13.2 Å². The van der Waals surface area contributed by atoms with E-state index in [0.29, 0.717) is 6.04 Å². The summed E-state index contributed by atoms with van der Waals surface area (Å²) in [5, 5.41) is 3.47. The summed E-state index contributed by atoms with van der Waals surface area (Å²) in [5.41, 5.74) is 1.80. The van der Waals surface area contributed by atoms with Crippen LogP contribution in [-0.4, -0.2) is 18.8 Å². The molecule has 0 bridgehead atoms. The Kier molecular flexibility index (Phi) is 8.59. The molecule has 1 unspecified atom stereocenters. The molecule has 0 amide bonds. The molecule has 0 aromatic carbocycles. The minimum Gasteiger partial charge on any atom is -0.314 e.